The first-order valence-corrected chi connectivity index (χ1v) is 2.10. The van der Waals surface area contributed by atoms with Crippen LogP contribution in [0, 0.1) is 12.3 Å². The first-order chi connectivity index (χ1) is 3.41. The average molecular weight is 98.1 g/mol. The van der Waals surface area contributed by atoms with Gasteiger partial charge in [-0.3, -0.25) is 0 Å². The molecule has 0 bridgehead atoms. The Bertz CT molecular complexity index is 86.8. The molecule has 0 N–H and O–H groups in total. The summed E-state index contributed by atoms with van der Waals surface area (Å²) in [5.74, 6) is 2.38. The van der Waals surface area contributed by atoms with Gasteiger partial charge in [-0.15, -0.1) is 12.3 Å². The lowest BCUT2D eigenvalue weighted by Crippen LogP contribution is -1.59. The van der Waals surface area contributed by atoms with E-state index >= 15 is 0 Å². The Balaban J connectivity index is 2.87. The van der Waals surface area contributed by atoms with Crippen molar-refractivity contribution in [3.05, 3.63) is 12.4 Å². The molecule has 0 saturated carbocycles. The molecule has 0 radical (unpaired) electrons. The molecular weight excluding hydrogens is 91.1 g/mol. The van der Waals surface area contributed by atoms with Gasteiger partial charge in [0.25, 0.3) is 0 Å². The molecule has 0 aliphatic rings. The maximum Gasteiger partial charge on any atom is 0.0827 e. The van der Waals surface area contributed by atoms with Crippen LogP contribution in [0.1, 0.15) is 12.8 Å². The lowest BCUT2D eigenvalue weighted by atomic mass is 10.3. The molecule has 1 heteroatoms. The zero-order valence-electron chi connectivity index (χ0n) is 4.02. The van der Waals surface area contributed by atoms with Crippen molar-refractivity contribution in [1.29, 1.82) is 0 Å². The minimum Gasteiger partial charge on any atom is -0.216 e. The molecule has 0 aromatic carbocycles. The number of halogens is 1. The van der Waals surface area contributed by atoms with Gasteiger partial charge in [0.15, 0.2) is 0 Å². The van der Waals surface area contributed by atoms with Gasteiger partial charge in [0.2, 0.25) is 0 Å². The number of terminal acetylenes is 1. The molecule has 0 unspecified atom stereocenters. The standard InChI is InChI=1S/C6H7F/c1-2-3-4-5-6-7/h1,5-6H,3-4H2/b6-5-. The Morgan fingerprint density at radius 1 is 1.71 bits per heavy atom. The molecule has 0 aliphatic carbocycles. The van der Waals surface area contributed by atoms with E-state index in [2.05, 4.69) is 5.92 Å². The molecule has 0 saturated heterocycles. The third kappa shape index (κ3) is 5.23. The van der Waals surface area contributed by atoms with Crippen LogP contribution in [0.2, 0.25) is 0 Å². The van der Waals surface area contributed by atoms with Gasteiger partial charge in [-0.1, -0.05) is 6.08 Å². The van der Waals surface area contributed by atoms with Gasteiger partial charge in [-0.05, 0) is 6.42 Å². The first-order valence-electron chi connectivity index (χ1n) is 2.10. The maximum absolute atomic E-state index is 11.1. The summed E-state index contributed by atoms with van der Waals surface area (Å²) in [6.45, 7) is 0. The number of unbranched alkanes of at least 4 members (excludes halogenated alkanes) is 1. The van der Waals surface area contributed by atoms with Crippen molar-refractivity contribution >= 4 is 0 Å². The summed E-state index contributed by atoms with van der Waals surface area (Å²) in [6.07, 6.45) is 8.05. The van der Waals surface area contributed by atoms with Crippen molar-refractivity contribution in [3.63, 3.8) is 0 Å². The Labute approximate surface area is 43.0 Å². The van der Waals surface area contributed by atoms with E-state index in [0.717, 1.165) is 0 Å². The fraction of sp³-hybridized carbons (Fsp3) is 0.333. The summed E-state index contributed by atoms with van der Waals surface area (Å²) in [4.78, 5) is 0. The van der Waals surface area contributed by atoms with Crippen LogP contribution >= 0.6 is 0 Å². The van der Waals surface area contributed by atoms with Crippen molar-refractivity contribution in [2.24, 2.45) is 0 Å². The van der Waals surface area contributed by atoms with Crippen molar-refractivity contribution in [2.75, 3.05) is 0 Å². The molecule has 0 aliphatic heterocycles. The second-order valence-electron chi connectivity index (χ2n) is 1.10. The van der Waals surface area contributed by atoms with E-state index in [1.807, 2.05) is 0 Å². The first kappa shape index (κ1) is 6.23. The lowest BCUT2D eigenvalue weighted by molar-refractivity contribution is 0.714. The Morgan fingerprint density at radius 3 is 2.86 bits per heavy atom. The minimum atomic E-state index is 0.511. The average Bonchev–Trinajstić information content (AvgIpc) is 1.69. The molecule has 38 valence electrons. The summed E-state index contributed by atoms with van der Waals surface area (Å²) in [5, 5.41) is 0. The van der Waals surface area contributed by atoms with E-state index in [-0.39, 0.29) is 0 Å². The van der Waals surface area contributed by atoms with Crippen molar-refractivity contribution in [1.82, 2.24) is 0 Å². The normalized spacial score (nSPS) is 9.14. The minimum absolute atomic E-state index is 0.511. The smallest absolute Gasteiger partial charge is 0.0827 e. The molecule has 0 fully saturated rings. The quantitative estimate of drug-likeness (QED) is 0.365. The van der Waals surface area contributed by atoms with Crippen LogP contribution in [0.5, 0.6) is 0 Å². The van der Waals surface area contributed by atoms with Crippen LogP contribution in [0.15, 0.2) is 12.4 Å². The van der Waals surface area contributed by atoms with Crippen LogP contribution < -0.4 is 0 Å². The Hall–Kier alpha value is -0.770. The highest BCUT2D eigenvalue weighted by atomic mass is 19.1. The molecule has 0 amide bonds. The van der Waals surface area contributed by atoms with Crippen LogP contribution in [0.25, 0.3) is 0 Å². The molecule has 0 aromatic heterocycles. The summed E-state index contributed by atoms with van der Waals surface area (Å²) >= 11 is 0. The zero-order valence-corrected chi connectivity index (χ0v) is 4.02. The highest BCUT2D eigenvalue weighted by Crippen LogP contribution is 1.86. The van der Waals surface area contributed by atoms with Crippen LogP contribution in [-0.2, 0) is 0 Å². The fourth-order valence-corrected chi connectivity index (χ4v) is 0.230. The second-order valence-corrected chi connectivity index (χ2v) is 1.10. The van der Waals surface area contributed by atoms with E-state index in [1.54, 1.807) is 0 Å². The Morgan fingerprint density at radius 2 is 2.43 bits per heavy atom. The molecule has 7 heavy (non-hydrogen) atoms. The summed E-state index contributed by atoms with van der Waals surface area (Å²) in [6, 6.07) is 0. The van der Waals surface area contributed by atoms with Gasteiger partial charge in [0.05, 0.1) is 6.33 Å². The van der Waals surface area contributed by atoms with E-state index in [1.165, 1.54) is 6.08 Å². The summed E-state index contributed by atoms with van der Waals surface area (Å²) in [5.41, 5.74) is 0. The second kappa shape index (κ2) is 5.23. The topological polar surface area (TPSA) is 0 Å². The highest BCUT2D eigenvalue weighted by Gasteiger charge is 1.70. The Kier molecular flexibility index (Phi) is 4.65. The summed E-state index contributed by atoms with van der Waals surface area (Å²) < 4.78 is 11.1. The predicted octanol–water partition coefficient (Wildman–Crippen LogP) is 1.88. The van der Waals surface area contributed by atoms with E-state index < -0.39 is 0 Å². The number of rotatable bonds is 2. The largest absolute Gasteiger partial charge is 0.216 e. The number of allylic oxidation sites excluding steroid dienone is 1. The van der Waals surface area contributed by atoms with Gasteiger partial charge in [0, 0.05) is 6.42 Å². The van der Waals surface area contributed by atoms with Crippen molar-refractivity contribution in [3.8, 4) is 12.3 Å². The molecule has 0 heterocycles. The molecule has 0 nitrogen and oxygen atoms in total. The van der Waals surface area contributed by atoms with Gasteiger partial charge in [-0.2, -0.15) is 0 Å². The number of hydrogen-bond acceptors (Lipinski definition) is 0. The van der Waals surface area contributed by atoms with Gasteiger partial charge >= 0.3 is 0 Å². The molecule has 0 spiro atoms. The van der Waals surface area contributed by atoms with Gasteiger partial charge in [0.1, 0.15) is 0 Å². The highest BCUT2D eigenvalue weighted by molar-refractivity contribution is 4.87. The van der Waals surface area contributed by atoms with Crippen molar-refractivity contribution in [2.45, 2.75) is 12.8 Å². The molecule has 0 atom stereocenters. The third-order valence-corrected chi connectivity index (χ3v) is 0.544. The van der Waals surface area contributed by atoms with Gasteiger partial charge < -0.3 is 0 Å². The monoisotopic (exact) mass is 98.1 g/mol. The number of hydrogen-bond donors (Lipinski definition) is 0. The lowest BCUT2D eigenvalue weighted by Gasteiger charge is -1.75. The predicted molar refractivity (Wildman–Crippen MR) is 28.3 cm³/mol. The van der Waals surface area contributed by atoms with Gasteiger partial charge in [-0.25, -0.2) is 4.39 Å². The third-order valence-electron chi connectivity index (χ3n) is 0.544. The van der Waals surface area contributed by atoms with Crippen molar-refractivity contribution < 1.29 is 4.39 Å². The van der Waals surface area contributed by atoms with E-state index in [4.69, 9.17) is 6.42 Å². The van der Waals surface area contributed by atoms with E-state index in [0.29, 0.717) is 19.2 Å². The molecule has 0 rings (SSSR count). The summed E-state index contributed by atoms with van der Waals surface area (Å²) in [7, 11) is 0. The molecule has 0 aromatic rings. The SMILES string of the molecule is C#CCC/C=C\F. The van der Waals surface area contributed by atoms with Crippen LogP contribution in [0.4, 0.5) is 4.39 Å². The van der Waals surface area contributed by atoms with Crippen LogP contribution in [0.3, 0.4) is 0 Å². The van der Waals surface area contributed by atoms with Crippen LogP contribution in [-0.4, -0.2) is 0 Å². The zero-order chi connectivity index (χ0) is 5.54. The maximum atomic E-state index is 11.1. The van der Waals surface area contributed by atoms with E-state index in [9.17, 15) is 4.39 Å². The molecular formula is C6H7F. The fourth-order valence-electron chi connectivity index (χ4n) is 0.230.